The molecule has 0 bridgehead atoms. The fraction of sp³-hybridized carbons (Fsp3) is 0.417. The summed E-state index contributed by atoms with van der Waals surface area (Å²) < 4.78 is 23.4. The summed E-state index contributed by atoms with van der Waals surface area (Å²) in [6.07, 6.45) is 35.2. The molecule has 392 valence electrons. The van der Waals surface area contributed by atoms with Crippen LogP contribution in [0.4, 0.5) is 0 Å². The van der Waals surface area contributed by atoms with Gasteiger partial charge in [0, 0.05) is 32.3 Å². The summed E-state index contributed by atoms with van der Waals surface area (Å²) >= 11 is 0. The standard InChI is InChI=1S/C72H81O3P/c1-4-10-16-34-52(35-17-11-5-1)67-55-40-22-28-46-61(55)70(62-47-29-23-41-56(62)67)73-76(74-71-63-48-30-24-42-57(63)68(58-43-25-31-49-64(58)71)53-36-18-12-6-2-7-13-19-37-53)75-72-65-50-32-26-44-59(65)69(60-45-27-33-51-66(60)72)54-38-20-14-8-3-9-15-21-39-54/h22-33,40-54H,1-21,34-39H2. The highest BCUT2D eigenvalue weighted by Gasteiger charge is 2.32. The van der Waals surface area contributed by atoms with Crippen LogP contribution in [0.25, 0.3) is 64.6 Å². The molecule has 0 amide bonds. The van der Waals surface area contributed by atoms with Crippen molar-refractivity contribution in [3.63, 3.8) is 0 Å². The number of fused-ring (bicyclic) bond motifs is 6. The van der Waals surface area contributed by atoms with Crippen molar-refractivity contribution in [2.24, 2.45) is 0 Å². The fourth-order valence-electron chi connectivity index (χ4n) is 14.6. The van der Waals surface area contributed by atoms with Crippen LogP contribution in [-0.4, -0.2) is 0 Å². The molecule has 0 aliphatic heterocycles. The Kier molecular flexibility index (Phi) is 16.7. The molecule has 0 heterocycles. The van der Waals surface area contributed by atoms with E-state index in [1.807, 2.05) is 0 Å². The van der Waals surface area contributed by atoms with Crippen LogP contribution in [0.5, 0.6) is 17.2 Å². The molecule has 12 rings (SSSR count). The Morgan fingerprint density at radius 3 is 0.553 bits per heavy atom. The second-order valence-electron chi connectivity index (χ2n) is 23.2. The summed E-state index contributed by atoms with van der Waals surface area (Å²) in [5.74, 6) is 4.00. The summed E-state index contributed by atoms with van der Waals surface area (Å²) in [6.45, 7) is 0. The zero-order valence-electron chi connectivity index (χ0n) is 45.4. The Labute approximate surface area is 455 Å². The van der Waals surface area contributed by atoms with E-state index < -0.39 is 8.60 Å². The van der Waals surface area contributed by atoms with Gasteiger partial charge in [-0.25, -0.2) is 0 Å². The molecular formula is C72H81O3P. The molecule has 0 unspecified atom stereocenters. The molecule has 4 heteroatoms. The van der Waals surface area contributed by atoms with Crippen molar-refractivity contribution in [1.29, 1.82) is 0 Å². The largest absolute Gasteiger partial charge is 0.530 e. The minimum atomic E-state index is -2.14. The number of hydrogen-bond donors (Lipinski definition) is 0. The van der Waals surface area contributed by atoms with Gasteiger partial charge >= 0.3 is 8.60 Å². The van der Waals surface area contributed by atoms with Crippen LogP contribution in [0.1, 0.15) is 208 Å². The van der Waals surface area contributed by atoms with Crippen molar-refractivity contribution >= 4 is 73.2 Å². The SMILES string of the molecule is c1ccc2c(C3CCCCCCCCC3)c3ccccc3c(OP(Oc3c4ccccc4c(C4CCCCCCCCC4)c4ccccc34)Oc3c4ccccc4c(C4CCCCCCCCC4)c4ccccc34)c2c1. The van der Waals surface area contributed by atoms with Crippen LogP contribution in [0.2, 0.25) is 0 Å². The lowest BCUT2D eigenvalue weighted by molar-refractivity contribution is 0.398. The molecule has 0 atom stereocenters. The Morgan fingerprint density at radius 1 is 0.211 bits per heavy atom. The molecule has 0 saturated heterocycles. The van der Waals surface area contributed by atoms with Gasteiger partial charge in [-0.1, -0.05) is 280 Å². The molecule has 9 aromatic rings. The van der Waals surface area contributed by atoms with E-state index in [1.165, 1.54) is 222 Å². The molecule has 9 aromatic carbocycles. The third-order valence-electron chi connectivity index (χ3n) is 18.3. The van der Waals surface area contributed by atoms with E-state index in [0.717, 1.165) is 49.6 Å². The van der Waals surface area contributed by atoms with E-state index in [2.05, 4.69) is 146 Å². The number of rotatable bonds is 9. The first-order valence-corrected chi connectivity index (χ1v) is 31.5. The molecule has 76 heavy (non-hydrogen) atoms. The topological polar surface area (TPSA) is 27.7 Å². The fourth-order valence-corrected chi connectivity index (χ4v) is 15.7. The van der Waals surface area contributed by atoms with Crippen molar-refractivity contribution < 1.29 is 13.6 Å². The molecule has 0 radical (unpaired) electrons. The van der Waals surface area contributed by atoms with Crippen molar-refractivity contribution in [2.75, 3.05) is 0 Å². The van der Waals surface area contributed by atoms with Gasteiger partial charge in [-0.15, -0.1) is 0 Å². The van der Waals surface area contributed by atoms with E-state index >= 15 is 0 Å². The van der Waals surface area contributed by atoms with Crippen LogP contribution < -0.4 is 13.6 Å². The lowest BCUT2D eigenvalue weighted by atomic mass is 9.81. The van der Waals surface area contributed by atoms with Crippen LogP contribution in [0.15, 0.2) is 146 Å². The first kappa shape index (κ1) is 51.1. The quantitative estimate of drug-likeness (QED) is 0.107. The molecule has 3 aliphatic carbocycles. The predicted molar refractivity (Wildman–Crippen MR) is 326 cm³/mol. The molecule has 0 aromatic heterocycles. The molecule has 3 fully saturated rings. The Morgan fingerprint density at radius 2 is 0.368 bits per heavy atom. The first-order valence-electron chi connectivity index (χ1n) is 30.4. The second-order valence-corrected chi connectivity index (χ2v) is 24.2. The van der Waals surface area contributed by atoms with Gasteiger partial charge in [0.2, 0.25) is 0 Å². The second kappa shape index (κ2) is 24.8. The maximum Gasteiger partial charge on any atom is 0.530 e. The van der Waals surface area contributed by atoms with E-state index in [4.69, 9.17) is 13.6 Å². The minimum Gasteiger partial charge on any atom is -0.407 e. The zero-order chi connectivity index (χ0) is 50.9. The lowest BCUT2D eigenvalue weighted by Gasteiger charge is -2.28. The summed E-state index contributed by atoms with van der Waals surface area (Å²) in [6, 6.07) is 54.6. The van der Waals surface area contributed by atoms with Gasteiger partial charge in [-0.2, -0.15) is 0 Å². The minimum absolute atomic E-state index is 0.488. The van der Waals surface area contributed by atoms with Crippen molar-refractivity contribution in [1.82, 2.24) is 0 Å². The third kappa shape index (κ3) is 10.9. The molecule has 3 aliphatic rings. The average molecular weight is 1030 g/mol. The average Bonchev–Trinajstić information content (AvgIpc) is 3.48. The molecule has 0 N–H and O–H groups in total. The zero-order valence-corrected chi connectivity index (χ0v) is 46.2. The molecule has 0 spiro atoms. The predicted octanol–water partition coefficient (Wildman–Crippen LogP) is 23.2. The van der Waals surface area contributed by atoms with Crippen LogP contribution in [0, 0.1) is 0 Å². The maximum atomic E-state index is 7.79. The third-order valence-corrected chi connectivity index (χ3v) is 19.3. The first-order chi connectivity index (χ1) is 37.8. The summed E-state index contributed by atoms with van der Waals surface area (Å²) in [5, 5.41) is 14.6. The van der Waals surface area contributed by atoms with Crippen LogP contribution in [0.3, 0.4) is 0 Å². The van der Waals surface area contributed by atoms with Crippen LogP contribution >= 0.6 is 8.60 Å². The monoisotopic (exact) mass is 1020 g/mol. The summed E-state index contributed by atoms with van der Waals surface area (Å²) in [5.41, 5.74) is 4.48. The highest BCUT2D eigenvalue weighted by atomic mass is 31.2. The summed E-state index contributed by atoms with van der Waals surface area (Å²) in [7, 11) is -2.14. The Bertz CT molecular complexity index is 2850. The van der Waals surface area contributed by atoms with E-state index in [-0.39, 0.29) is 0 Å². The van der Waals surface area contributed by atoms with Crippen molar-refractivity contribution in [3.05, 3.63) is 162 Å². The van der Waals surface area contributed by atoms with Crippen molar-refractivity contribution in [2.45, 2.75) is 191 Å². The highest BCUT2D eigenvalue weighted by Crippen LogP contribution is 2.56. The summed E-state index contributed by atoms with van der Waals surface area (Å²) in [4.78, 5) is 0. The van der Waals surface area contributed by atoms with Gasteiger partial charge in [-0.05, 0) is 105 Å². The van der Waals surface area contributed by atoms with Crippen LogP contribution in [-0.2, 0) is 0 Å². The van der Waals surface area contributed by atoms with Gasteiger partial charge < -0.3 is 13.6 Å². The van der Waals surface area contributed by atoms with Gasteiger partial charge in [0.15, 0.2) is 0 Å². The van der Waals surface area contributed by atoms with Crippen molar-refractivity contribution in [3.8, 4) is 17.2 Å². The van der Waals surface area contributed by atoms with Gasteiger partial charge in [-0.3, -0.25) is 0 Å². The number of benzene rings is 9. The number of hydrogen-bond acceptors (Lipinski definition) is 3. The highest BCUT2D eigenvalue weighted by molar-refractivity contribution is 7.43. The molecule has 3 saturated carbocycles. The lowest BCUT2D eigenvalue weighted by Crippen LogP contribution is -2.08. The van der Waals surface area contributed by atoms with Gasteiger partial charge in [0.25, 0.3) is 0 Å². The van der Waals surface area contributed by atoms with E-state index in [0.29, 0.717) is 17.8 Å². The smallest absolute Gasteiger partial charge is 0.407 e. The van der Waals surface area contributed by atoms with Gasteiger partial charge in [0.05, 0.1) is 0 Å². The molecule has 3 nitrogen and oxygen atoms in total. The molecular weight excluding hydrogens is 944 g/mol. The van der Waals surface area contributed by atoms with E-state index in [1.54, 1.807) is 0 Å². The Balaban J connectivity index is 1.05. The van der Waals surface area contributed by atoms with Gasteiger partial charge in [0.1, 0.15) is 17.2 Å². The Hall–Kier alpha value is -5.63. The van der Waals surface area contributed by atoms with E-state index in [9.17, 15) is 0 Å². The maximum absolute atomic E-state index is 7.79. The normalized spacial score (nSPS) is 18.1.